The van der Waals surface area contributed by atoms with Gasteiger partial charge >= 0.3 is 0 Å². The monoisotopic (exact) mass is 173 g/mol. The zero-order valence-electron chi connectivity index (χ0n) is 8.22. The minimum absolute atomic E-state index is 0.0236. The Morgan fingerprint density at radius 2 is 2.25 bits per heavy atom. The molecule has 1 N–H and O–H groups in total. The largest absolute Gasteiger partial charge is 0.376 e. The van der Waals surface area contributed by atoms with Gasteiger partial charge in [0.2, 0.25) is 5.91 Å². The normalized spacial score (nSPS) is 21.1. The number of ether oxygens (including phenoxy) is 1. The maximum atomic E-state index is 10.4. The summed E-state index contributed by atoms with van der Waals surface area (Å²) >= 11 is 0. The molecule has 1 fully saturated rings. The van der Waals surface area contributed by atoms with Crippen molar-refractivity contribution in [3.05, 3.63) is 0 Å². The first-order valence-electron chi connectivity index (χ1n) is 4.65. The van der Waals surface area contributed by atoms with E-state index in [9.17, 15) is 4.79 Å². The van der Waals surface area contributed by atoms with Crippen LogP contribution in [0.1, 0.15) is 33.6 Å². The number of hydrogen-bond acceptors (Lipinski definition) is 2. The molecule has 0 aliphatic carbocycles. The summed E-state index contributed by atoms with van der Waals surface area (Å²) in [6.07, 6.45) is 2.48. The first-order chi connectivity index (χ1) is 5.79. The molecule has 0 aromatic rings. The summed E-state index contributed by atoms with van der Waals surface area (Å²) in [7, 11) is 0. The zero-order valence-corrected chi connectivity index (χ0v) is 8.22. The van der Waals surface area contributed by atoms with E-state index < -0.39 is 0 Å². The predicted octanol–water partition coefficient (Wildman–Crippen LogP) is 1.33. The maximum absolute atomic E-state index is 10.4. The van der Waals surface area contributed by atoms with Crippen LogP contribution in [0.25, 0.3) is 0 Å². The summed E-state index contributed by atoms with van der Waals surface area (Å²) in [4.78, 5) is 10.4. The van der Waals surface area contributed by atoms with Gasteiger partial charge in [-0.05, 0) is 12.8 Å². The van der Waals surface area contributed by atoms with Crippen molar-refractivity contribution in [3.63, 3.8) is 0 Å². The van der Waals surface area contributed by atoms with Gasteiger partial charge in [0.05, 0.1) is 6.10 Å². The first-order valence-corrected chi connectivity index (χ1v) is 4.65. The van der Waals surface area contributed by atoms with Crippen LogP contribution >= 0.6 is 0 Å². The van der Waals surface area contributed by atoms with E-state index >= 15 is 0 Å². The van der Waals surface area contributed by atoms with Crippen molar-refractivity contribution in [2.24, 2.45) is 0 Å². The summed E-state index contributed by atoms with van der Waals surface area (Å²) in [6.45, 7) is 7.05. The third kappa shape index (κ3) is 5.13. The Bertz CT molecular complexity index is 120. The molecule has 0 radical (unpaired) electrons. The molecule has 0 saturated carbocycles. The van der Waals surface area contributed by atoms with E-state index in [0.29, 0.717) is 6.54 Å². The standard InChI is InChI=1S/C7H13NO2.C2H6/c1-6(9)8-5-7-3-2-4-10-7;1-2/h7H,2-5H2,1H3,(H,8,9);1-2H3. The second kappa shape index (κ2) is 7.10. The molecule has 1 saturated heterocycles. The molecule has 0 aromatic carbocycles. The quantitative estimate of drug-likeness (QED) is 0.684. The predicted molar refractivity (Wildman–Crippen MR) is 49.0 cm³/mol. The maximum Gasteiger partial charge on any atom is 0.216 e. The number of carbonyl (C=O) groups excluding carboxylic acids is 1. The lowest BCUT2D eigenvalue weighted by molar-refractivity contribution is -0.119. The van der Waals surface area contributed by atoms with E-state index in [1.807, 2.05) is 13.8 Å². The third-order valence-electron chi connectivity index (χ3n) is 1.60. The average Bonchev–Trinajstić information content (AvgIpc) is 2.56. The topological polar surface area (TPSA) is 38.3 Å². The van der Waals surface area contributed by atoms with Crippen LogP contribution in [0.3, 0.4) is 0 Å². The minimum Gasteiger partial charge on any atom is -0.376 e. The van der Waals surface area contributed by atoms with Gasteiger partial charge in [0.1, 0.15) is 0 Å². The fourth-order valence-electron chi connectivity index (χ4n) is 1.06. The summed E-state index contributed by atoms with van der Waals surface area (Å²) in [5.41, 5.74) is 0. The Morgan fingerprint density at radius 3 is 2.67 bits per heavy atom. The van der Waals surface area contributed by atoms with Crippen molar-refractivity contribution in [1.82, 2.24) is 5.32 Å². The molecule has 72 valence electrons. The van der Waals surface area contributed by atoms with Crippen molar-refractivity contribution in [1.29, 1.82) is 0 Å². The van der Waals surface area contributed by atoms with Crippen molar-refractivity contribution in [2.75, 3.05) is 13.2 Å². The minimum atomic E-state index is 0.0236. The van der Waals surface area contributed by atoms with Gasteiger partial charge in [-0.15, -0.1) is 0 Å². The molecule has 1 atom stereocenters. The number of nitrogens with one attached hydrogen (secondary N) is 1. The van der Waals surface area contributed by atoms with Crippen molar-refractivity contribution in [2.45, 2.75) is 39.7 Å². The smallest absolute Gasteiger partial charge is 0.216 e. The van der Waals surface area contributed by atoms with Crippen molar-refractivity contribution in [3.8, 4) is 0 Å². The Kier molecular flexibility index (Phi) is 6.76. The molecule has 3 nitrogen and oxygen atoms in total. The van der Waals surface area contributed by atoms with Crippen LogP contribution in [0.5, 0.6) is 0 Å². The van der Waals surface area contributed by atoms with Crippen LogP contribution in [0.15, 0.2) is 0 Å². The lowest BCUT2D eigenvalue weighted by Crippen LogP contribution is -2.29. The Balaban J connectivity index is 0.000000561. The van der Waals surface area contributed by atoms with Gasteiger partial charge in [0.15, 0.2) is 0 Å². The molecule has 1 heterocycles. The summed E-state index contributed by atoms with van der Waals surface area (Å²) in [5.74, 6) is 0.0236. The molecule has 1 aliphatic heterocycles. The second-order valence-electron chi connectivity index (χ2n) is 2.57. The summed E-state index contributed by atoms with van der Waals surface area (Å²) in [6, 6.07) is 0. The molecule has 0 spiro atoms. The highest BCUT2D eigenvalue weighted by molar-refractivity contribution is 5.72. The van der Waals surface area contributed by atoms with Gasteiger partial charge in [-0.25, -0.2) is 0 Å². The molecule has 1 amide bonds. The van der Waals surface area contributed by atoms with E-state index in [0.717, 1.165) is 19.4 Å². The van der Waals surface area contributed by atoms with Crippen molar-refractivity contribution < 1.29 is 9.53 Å². The fraction of sp³-hybridized carbons (Fsp3) is 0.889. The third-order valence-corrected chi connectivity index (χ3v) is 1.60. The second-order valence-corrected chi connectivity index (χ2v) is 2.57. The van der Waals surface area contributed by atoms with E-state index in [1.165, 1.54) is 6.92 Å². The van der Waals surface area contributed by atoms with E-state index in [-0.39, 0.29) is 12.0 Å². The van der Waals surface area contributed by atoms with Crippen LogP contribution in [-0.2, 0) is 9.53 Å². The van der Waals surface area contributed by atoms with E-state index in [4.69, 9.17) is 4.74 Å². The highest BCUT2D eigenvalue weighted by Crippen LogP contribution is 2.10. The van der Waals surface area contributed by atoms with Crippen LogP contribution in [0, 0.1) is 0 Å². The van der Waals surface area contributed by atoms with Gasteiger partial charge in [0, 0.05) is 20.1 Å². The van der Waals surface area contributed by atoms with E-state index in [2.05, 4.69) is 5.32 Å². The Labute approximate surface area is 74.5 Å². The SMILES string of the molecule is CC.CC(=O)NCC1CCCO1. The van der Waals surface area contributed by atoms with Gasteiger partial charge in [0.25, 0.3) is 0 Å². The summed E-state index contributed by atoms with van der Waals surface area (Å²) < 4.78 is 5.29. The summed E-state index contributed by atoms with van der Waals surface area (Å²) in [5, 5.41) is 2.72. The molecule has 12 heavy (non-hydrogen) atoms. The highest BCUT2D eigenvalue weighted by Gasteiger charge is 2.14. The van der Waals surface area contributed by atoms with Gasteiger partial charge in [-0.1, -0.05) is 13.8 Å². The Morgan fingerprint density at radius 1 is 1.58 bits per heavy atom. The molecule has 0 aromatic heterocycles. The molecule has 0 bridgehead atoms. The lowest BCUT2D eigenvalue weighted by atomic mass is 10.2. The zero-order chi connectivity index (χ0) is 9.40. The van der Waals surface area contributed by atoms with Crippen LogP contribution in [0.4, 0.5) is 0 Å². The van der Waals surface area contributed by atoms with Gasteiger partial charge in [-0.3, -0.25) is 4.79 Å². The number of carbonyl (C=O) groups is 1. The molecule has 1 unspecified atom stereocenters. The average molecular weight is 173 g/mol. The van der Waals surface area contributed by atoms with Gasteiger partial charge < -0.3 is 10.1 Å². The molecule has 1 rings (SSSR count). The first kappa shape index (κ1) is 11.4. The number of amides is 1. The number of hydrogen-bond donors (Lipinski definition) is 1. The molecule has 3 heteroatoms. The highest BCUT2D eigenvalue weighted by atomic mass is 16.5. The molecular weight excluding hydrogens is 154 g/mol. The van der Waals surface area contributed by atoms with Crippen molar-refractivity contribution >= 4 is 5.91 Å². The Hall–Kier alpha value is -0.570. The fourth-order valence-corrected chi connectivity index (χ4v) is 1.06. The lowest BCUT2D eigenvalue weighted by Gasteiger charge is -2.08. The van der Waals surface area contributed by atoms with Crippen LogP contribution in [0.2, 0.25) is 0 Å². The van der Waals surface area contributed by atoms with Crippen LogP contribution < -0.4 is 5.32 Å². The molecular formula is C9H19NO2. The van der Waals surface area contributed by atoms with Gasteiger partial charge in [-0.2, -0.15) is 0 Å². The molecule has 1 aliphatic rings. The van der Waals surface area contributed by atoms with E-state index in [1.54, 1.807) is 0 Å². The number of rotatable bonds is 2. The van der Waals surface area contributed by atoms with Crippen LogP contribution in [-0.4, -0.2) is 25.2 Å².